The van der Waals surface area contributed by atoms with Crippen molar-refractivity contribution in [3.63, 3.8) is 0 Å². The normalized spacial score (nSPS) is 17.5. The lowest BCUT2D eigenvalue weighted by Crippen LogP contribution is -2.40. The molecule has 0 saturated carbocycles. The predicted molar refractivity (Wildman–Crippen MR) is 99.4 cm³/mol. The fourth-order valence-corrected chi connectivity index (χ4v) is 3.86. The Morgan fingerprint density at radius 1 is 1.23 bits per heavy atom. The highest BCUT2D eigenvalue weighted by atomic mass is 16.2. The van der Waals surface area contributed by atoms with E-state index in [0.29, 0.717) is 6.04 Å². The van der Waals surface area contributed by atoms with Gasteiger partial charge in [0.05, 0.1) is 17.9 Å². The van der Waals surface area contributed by atoms with Gasteiger partial charge in [-0.25, -0.2) is 9.97 Å². The third-order valence-corrected chi connectivity index (χ3v) is 5.17. The van der Waals surface area contributed by atoms with Crippen molar-refractivity contribution in [1.29, 1.82) is 0 Å². The van der Waals surface area contributed by atoms with Crippen LogP contribution in [0, 0.1) is 13.8 Å². The third-order valence-electron chi connectivity index (χ3n) is 5.17. The van der Waals surface area contributed by atoms with Gasteiger partial charge >= 0.3 is 0 Å². The number of nitrogens with zero attached hydrogens (tertiary/aromatic N) is 5. The molecule has 26 heavy (non-hydrogen) atoms. The van der Waals surface area contributed by atoms with E-state index in [4.69, 9.17) is 0 Å². The number of hydrogen-bond acceptors (Lipinski definition) is 3. The Hall–Kier alpha value is -2.89. The summed E-state index contributed by atoms with van der Waals surface area (Å²) in [5, 5.41) is 0. The lowest BCUT2D eigenvalue weighted by atomic mass is 10.0. The van der Waals surface area contributed by atoms with Crippen molar-refractivity contribution in [2.45, 2.75) is 32.7 Å². The molecule has 4 rings (SSSR count). The second-order valence-corrected chi connectivity index (χ2v) is 6.87. The predicted octanol–water partition coefficient (Wildman–Crippen LogP) is 3.16. The molecule has 3 aromatic rings. The molecule has 1 atom stereocenters. The molecule has 1 aliphatic heterocycles. The van der Waals surface area contributed by atoms with Gasteiger partial charge in [0.15, 0.2) is 0 Å². The average Bonchev–Trinajstić information content (AvgIpc) is 3.30. The molecular formula is C20H23N5O. The molecule has 4 heterocycles. The second kappa shape index (κ2) is 6.78. The minimum atomic E-state index is 0.102. The molecule has 0 bridgehead atoms. The van der Waals surface area contributed by atoms with Gasteiger partial charge in [-0.15, -0.1) is 0 Å². The van der Waals surface area contributed by atoms with Crippen LogP contribution in [0.3, 0.4) is 0 Å². The zero-order valence-corrected chi connectivity index (χ0v) is 15.2. The second-order valence-electron chi connectivity index (χ2n) is 6.87. The number of imidazole rings is 1. The lowest BCUT2D eigenvalue weighted by Gasteiger charge is -2.33. The van der Waals surface area contributed by atoms with Crippen molar-refractivity contribution in [2.24, 2.45) is 0 Å². The molecule has 1 aliphatic rings. The molecule has 6 heteroatoms. The minimum Gasteiger partial charge on any atom is -0.337 e. The first-order valence-electron chi connectivity index (χ1n) is 9.02. The molecule has 0 aliphatic carbocycles. The Morgan fingerprint density at radius 3 is 2.85 bits per heavy atom. The van der Waals surface area contributed by atoms with Crippen LogP contribution in [0.2, 0.25) is 0 Å². The summed E-state index contributed by atoms with van der Waals surface area (Å²) in [5.74, 6) is 0.946. The number of pyridine rings is 1. The molecule has 6 nitrogen and oxygen atoms in total. The first-order chi connectivity index (χ1) is 12.6. The van der Waals surface area contributed by atoms with E-state index >= 15 is 0 Å². The van der Waals surface area contributed by atoms with E-state index < -0.39 is 0 Å². The highest BCUT2D eigenvalue weighted by Crippen LogP contribution is 2.25. The Morgan fingerprint density at radius 2 is 2.12 bits per heavy atom. The Balaban J connectivity index is 1.61. The van der Waals surface area contributed by atoms with Crippen molar-refractivity contribution in [2.75, 3.05) is 13.1 Å². The van der Waals surface area contributed by atoms with Crippen LogP contribution in [0.4, 0.5) is 0 Å². The molecule has 3 aromatic heterocycles. The van der Waals surface area contributed by atoms with Gasteiger partial charge in [0.1, 0.15) is 5.82 Å². The van der Waals surface area contributed by atoms with Crippen LogP contribution in [0.5, 0.6) is 0 Å². The number of amides is 1. The van der Waals surface area contributed by atoms with Gasteiger partial charge in [0.25, 0.3) is 5.91 Å². The molecule has 0 aromatic carbocycles. The number of aryl methyl sites for hydroxylation is 1. The highest BCUT2D eigenvalue weighted by molar-refractivity contribution is 5.96. The molecule has 1 saturated heterocycles. The van der Waals surface area contributed by atoms with Gasteiger partial charge in [0.2, 0.25) is 0 Å². The van der Waals surface area contributed by atoms with Gasteiger partial charge < -0.3 is 14.0 Å². The highest BCUT2D eigenvalue weighted by Gasteiger charge is 2.27. The first-order valence-corrected chi connectivity index (χ1v) is 9.02. The number of aromatic nitrogens is 4. The molecule has 0 unspecified atom stereocenters. The maximum absolute atomic E-state index is 13.2. The van der Waals surface area contributed by atoms with Crippen LogP contribution in [-0.4, -0.2) is 43.0 Å². The molecule has 0 spiro atoms. The molecule has 0 radical (unpaired) electrons. The summed E-state index contributed by atoms with van der Waals surface area (Å²) in [7, 11) is 0. The summed E-state index contributed by atoms with van der Waals surface area (Å²) in [4.78, 5) is 23.7. The fraction of sp³-hybridized carbons (Fsp3) is 0.350. The maximum atomic E-state index is 13.2. The molecule has 134 valence electrons. The number of piperidine rings is 1. The van der Waals surface area contributed by atoms with Gasteiger partial charge in [-0.2, -0.15) is 0 Å². The monoisotopic (exact) mass is 349 g/mol. The lowest BCUT2D eigenvalue weighted by molar-refractivity contribution is 0.0678. The summed E-state index contributed by atoms with van der Waals surface area (Å²) >= 11 is 0. The van der Waals surface area contributed by atoms with Crippen LogP contribution in [-0.2, 0) is 0 Å². The molecule has 1 fully saturated rings. The number of carbonyl (C=O) groups is 1. The van der Waals surface area contributed by atoms with Crippen molar-refractivity contribution in [3.05, 3.63) is 66.1 Å². The maximum Gasteiger partial charge on any atom is 0.255 e. The van der Waals surface area contributed by atoms with Gasteiger partial charge in [-0.05, 0) is 44.9 Å². The smallest absolute Gasteiger partial charge is 0.255 e. The first kappa shape index (κ1) is 16.6. The zero-order chi connectivity index (χ0) is 18.1. The van der Waals surface area contributed by atoms with E-state index in [1.165, 1.54) is 0 Å². The van der Waals surface area contributed by atoms with E-state index in [-0.39, 0.29) is 5.91 Å². The Bertz CT molecular complexity index is 898. The van der Waals surface area contributed by atoms with Crippen LogP contribution in [0.25, 0.3) is 5.82 Å². The zero-order valence-electron chi connectivity index (χ0n) is 15.2. The van der Waals surface area contributed by atoms with Gasteiger partial charge in [-0.3, -0.25) is 4.79 Å². The SMILES string of the molecule is Cc1cc(C(=O)N2CCC[C@H](n3ccnc3)C2)c(C)n1-c1ccccn1. The van der Waals surface area contributed by atoms with Crippen LogP contribution >= 0.6 is 0 Å². The number of carbonyl (C=O) groups excluding carboxylic acids is 1. The van der Waals surface area contributed by atoms with Crippen LogP contribution in [0.1, 0.15) is 40.6 Å². The summed E-state index contributed by atoms with van der Waals surface area (Å²) < 4.78 is 4.15. The van der Waals surface area contributed by atoms with Crippen molar-refractivity contribution in [3.8, 4) is 5.82 Å². The fourth-order valence-electron chi connectivity index (χ4n) is 3.86. The van der Waals surface area contributed by atoms with Crippen LogP contribution in [0.15, 0.2) is 49.2 Å². The van der Waals surface area contributed by atoms with Crippen molar-refractivity contribution < 1.29 is 4.79 Å². The number of likely N-dealkylation sites (tertiary alicyclic amines) is 1. The van der Waals surface area contributed by atoms with E-state index in [0.717, 1.165) is 48.7 Å². The van der Waals surface area contributed by atoms with Crippen molar-refractivity contribution >= 4 is 5.91 Å². The molecule has 1 amide bonds. The van der Waals surface area contributed by atoms with E-state index in [1.54, 1.807) is 12.4 Å². The summed E-state index contributed by atoms with van der Waals surface area (Å²) in [6.07, 6.45) is 9.47. The van der Waals surface area contributed by atoms with E-state index in [9.17, 15) is 4.79 Å². The van der Waals surface area contributed by atoms with Gasteiger partial charge in [-0.1, -0.05) is 6.07 Å². The Labute approximate surface area is 153 Å². The number of rotatable bonds is 3. The minimum absolute atomic E-state index is 0.102. The standard InChI is InChI=1S/C20H23N5O/c1-15-12-18(16(2)25(15)19-7-3-4-8-22-19)20(26)23-10-5-6-17(13-23)24-11-9-21-14-24/h3-4,7-9,11-12,14,17H,5-6,10,13H2,1-2H3/t17-/m0/s1. The molecular weight excluding hydrogens is 326 g/mol. The number of hydrogen-bond donors (Lipinski definition) is 0. The van der Waals surface area contributed by atoms with Gasteiger partial charge in [0, 0.05) is 43.1 Å². The third kappa shape index (κ3) is 2.92. The Kier molecular flexibility index (Phi) is 4.32. The largest absolute Gasteiger partial charge is 0.337 e. The van der Waals surface area contributed by atoms with E-state index in [2.05, 4.69) is 14.5 Å². The topological polar surface area (TPSA) is 56.0 Å². The summed E-state index contributed by atoms with van der Waals surface area (Å²) in [6.45, 7) is 5.54. The summed E-state index contributed by atoms with van der Waals surface area (Å²) in [6, 6.07) is 8.10. The quantitative estimate of drug-likeness (QED) is 0.730. The van der Waals surface area contributed by atoms with Crippen molar-refractivity contribution in [1.82, 2.24) is 24.0 Å². The molecule has 0 N–H and O–H groups in total. The summed E-state index contributed by atoms with van der Waals surface area (Å²) in [5.41, 5.74) is 2.73. The average molecular weight is 349 g/mol. The van der Waals surface area contributed by atoms with Crippen LogP contribution < -0.4 is 0 Å². The van der Waals surface area contributed by atoms with E-state index in [1.807, 2.05) is 60.1 Å².